The van der Waals surface area contributed by atoms with E-state index < -0.39 is 23.9 Å². The third-order valence-electron chi connectivity index (χ3n) is 6.21. The number of hydrogen-bond acceptors (Lipinski definition) is 7. The quantitative estimate of drug-likeness (QED) is 0.248. The number of alkyl halides is 2. The maximum Gasteiger partial charge on any atom is 0.280 e. The first kappa shape index (κ1) is 27.2. The molecule has 10 nitrogen and oxygen atoms in total. The summed E-state index contributed by atoms with van der Waals surface area (Å²) in [4.78, 5) is 29.7. The van der Waals surface area contributed by atoms with Crippen LogP contribution in [0.5, 0.6) is 5.75 Å². The van der Waals surface area contributed by atoms with E-state index in [2.05, 4.69) is 20.5 Å². The molecular weight excluding hydrogens is 564 g/mol. The van der Waals surface area contributed by atoms with Crippen molar-refractivity contribution in [3.63, 3.8) is 0 Å². The van der Waals surface area contributed by atoms with Crippen LogP contribution < -0.4 is 15.8 Å². The van der Waals surface area contributed by atoms with Crippen molar-refractivity contribution in [2.75, 3.05) is 5.32 Å². The Labute approximate surface area is 235 Å². The lowest BCUT2D eigenvalue weighted by Crippen LogP contribution is -2.18. The molecule has 206 valence electrons. The molecule has 0 saturated carbocycles. The third-order valence-corrected chi connectivity index (χ3v) is 7.62. The molecule has 4 heterocycles. The number of aryl methyl sites for hydroxylation is 2. The maximum atomic E-state index is 13.7. The van der Waals surface area contributed by atoms with Gasteiger partial charge >= 0.3 is 0 Å². The van der Waals surface area contributed by atoms with Crippen molar-refractivity contribution >= 4 is 50.7 Å². The van der Waals surface area contributed by atoms with E-state index in [0.717, 1.165) is 16.9 Å². The van der Waals surface area contributed by atoms with Gasteiger partial charge in [-0.25, -0.2) is 18.4 Å². The Morgan fingerprint density at radius 3 is 2.65 bits per heavy atom. The van der Waals surface area contributed by atoms with Crippen LogP contribution in [0.1, 0.15) is 43.5 Å². The van der Waals surface area contributed by atoms with Crippen LogP contribution >= 0.6 is 22.9 Å². The van der Waals surface area contributed by atoms with Gasteiger partial charge in [0, 0.05) is 29.9 Å². The molecule has 0 aliphatic carbocycles. The maximum absolute atomic E-state index is 13.7. The molecule has 0 radical (unpaired) electrons. The number of benzene rings is 1. The number of carbonyl (C=O) groups is 2. The van der Waals surface area contributed by atoms with Crippen LogP contribution in [0.3, 0.4) is 0 Å². The molecule has 0 atom stereocenters. The van der Waals surface area contributed by atoms with Crippen molar-refractivity contribution in [1.29, 1.82) is 0 Å². The number of rotatable bonds is 8. The molecule has 0 aliphatic rings. The summed E-state index contributed by atoms with van der Waals surface area (Å²) in [7, 11) is 1.71. The Morgan fingerprint density at radius 2 is 1.98 bits per heavy atom. The molecule has 0 spiro atoms. The molecule has 3 N–H and O–H groups in total. The van der Waals surface area contributed by atoms with Crippen molar-refractivity contribution < 1.29 is 23.1 Å². The smallest absolute Gasteiger partial charge is 0.280 e. The SMILES string of the molecule is Cc1ccc(Cl)c(OCn2ccc(C(=O)Nc3c(C(N)=O)sc4nc(C(F)F)cc(-c5cnn(C)c5C)c34)n2)c1. The van der Waals surface area contributed by atoms with Crippen LogP contribution in [0.4, 0.5) is 14.5 Å². The fourth-order valence-electron chi connectivity index (χ4n) is 4.09. The molecular formula is C26H22ClF2N7O3S. The fraction of sp³-hybridized carbons (Fsp3) is 0.192. The van der Waals surface area contributed by atoms with Gasteiger partial charge in [-0.3, -0.25) is 14.3 Å². The van der Waals surface area contributed by atoms with Crippen LogP contribution in [-0.2, 0) is 13.8 Å². The van der Waals surface area contributed by atoms with Crippen molar-refractivity contribution in [2.45, 2.75) is 27.0 Å². The molecule has 40 heavy (non-hydrogen) atoms. The van der Waals surface area contributed by atoms with Gasteiger partial charge in [0.05, 0.1) is 16.9 Å². The van der Waals surface area contributed by atoms with Crippen molar-refractivity contribution in [1.82, 2.24) is 24.5 Å². The van der Waals surface area contributed by atoms with Crippen LogP contribution in [0, 0.1) is 13.8 Å². The van der Waals surface area contributed by atoms with E-state index in [1.165, 1.54) is 23.0 Å². The number of nitrogens with one attached hydrogen (secondary N) is 1. The van der Waals surface area contributed by atoms with Gasteiger partial charge in [-0.15, -0.1) is 11.3 Å². The molecule has 2 amide bonds. The van der Waals surface area contributed by atoms with Gasteiger partial charge < -0.3 is 15.8 Å². The summed E-state index contributed by atoms with van der Waals surface area (Å²) in [6.45, 7) is 3.66. The second-order valence-corrected chi connectivity index (χ2v) is 10.3. The molecule has 0 aliphatic heterocycles. The average Bonchev–Trinajstić information content (AvgIpc) is 3.62. The van der Waals surface area contributed by atoms with Crippen molar-refractivity contribution in [3.05, 3.63) is 75.3 Å². The largest absolute Gasteiger partial charge is 0.470 e. The third kappa shape index (κ3) is 5.12. The molecule has 5 rings (SSSR count). The number of carbonyl (C=O) groups excluding carboxylic acids is 2. The highest BCUT2D eigenvalue weighted by Gasteiger charge is 2.26. The molecule has 1 aromatic carbocycles. The number of hydrogen-bond donors (Lipinski definition) is 2. The number of ether oxygens (including phenoxy) is 1. The first-order chi connectivity index (χ1) is 19.0. The van der Waals surface area contributed by atoms with Gasteiger partial charge in [0.15, 0.2) is 12.4 Å². The molecule has 0 bridgehead atoms. The minimum absolute atomic E-state index is 0.0185. The number of halogens is 3. The number of fused-ring (bicyclic) bond motifs is 1. The molecule has 0 saturated heterocycles. The van der Waals surface area contributed by atoms with Crippen LogP contribution in [-0.4, -0.2) is 36.4 Å². The lowest BCUT2D eigenvalue weighted by Gasteiger charge is -2.10. The second kappa shape index (κ2) is 10.7. The summed E-state index contributed by atoms with van der Waals surface area (Å²) < 4.78 is 36.2. The zero-order valence-electron chi connectivity index (χ0n) is 21.4. The predicted molar refractivity (Wildman–Crippen MR) is 147 cm³/mol. The number of pyridine rings is 1. The zero-order chi connectivity index (χ0) is 28.7. The minimum Gasteiger partial charge on any atom is -0.470 e. The number of nitrogens with zero attached hydrogens (tertiary/aromatic N) is 5. The zero-order valence-corrected chi connectivity index (χ0v) is 23.0. The highest BCUT2D eigenvalue weighted by Crippen LogP contribution is 2.43. The van der Waals surface area contributed by atoms with E-state index in [0.29, 0.717) is 33.0 Å². The standard InChI is InChI=1S/C26H22ClF2N7O3S/c1-12-4-5-16(27)19(8-12)39-11-36-7-6-17(34-36)25(38)33-21-20-14(15-10-31-35(3)13(15)2)9-18(23(28)29)32-26(20)40-22(21)24(30)37/h4-10,23H,11H2,1-3H3,(H2,30,37)(H,33,38). The number of primary amides is 1. The Balaban J connectivity index is 1.51. The lowest BCUT2D eigenvalue weighted by molar-refractivity contribution is 0.100. The van der Waals surface area contributed by atoms with E-state index in [1.807, 2.05) is 13.0 Å². The van der Waals surface area contributed by atoms with E-state index in [1.54, 1.807) is 37.0 Å². The van der Waals surface area contributed by atoms with Gasteiger partial charge in [-0.05, 0) is 49.2 Å². The van der Waals surface area contributed by atoms with Gasteiger partial charge in [0.1, 0.15) is 21.2 Å². The number of nitrogens with two attached hydrogens (primary N) is 1. The van der Waals surface area contributed by atoms with Crippen LogP contribution in [0.2, 0.25) is 5.02 Å². The van der Waals surface area contributed by atoms with E-state index in [9.17, 15) is 18.4 Å². The number of aromatic nitrogens is 5. The van der Waals surface area contributed by atoms with E-state index in [4.69, 9.17) is 22.1 Å². The van der Waals surface area contributed by atoms with Crippen LogP contribution in [0.25, 0.3) is 21.3 Å². The monoisotopic (exact) mass is 585 g/mol. The normalized spacial score (nSPS) is 11.4. The summed E-state index contributed by atoms with van der Waals surface area (Å²) in [5.41, 5.74) is 7.73. The first-order valence-electron chi connectivity index (χ1n) is 11.8. The summed E-state index contributed by atoms with van der Waals surface area (Å²) >= 11 is 6.99. The fourth-order valence-corrected chi connectivity index (χ4v) is 5.27. The Morgan fingerprint density at radius 1 is 1.20 bits per heavy atom. The molecule has 14 heteroatoms. The summed E-state index contributed by atoms with van der Waals surface area (Å²) in [6.07, 6.45) is 0.202. The van der Waals surface area contributed by atoms with Crippen molar-refractivity contribution in [3.8, 4) is 16.9 Å². The van der Waals surface area contributed by atoms with Crippen LogP contribution in [0.15, 0.2) is 42.7 Å². The summed E-state index contributed by atoms with van der Waals surface area (Å²) in [5, 5.41) is 11.9. The highest BCUT2D eigenvalue weighted by molar-refractivity contribution is 7.21. The van der Waals surface area contributed by atoms with E-state index in [-0.39, 0.29) is 27.8 Å². The van der Waals surface area contributed by atoms with Gasteiger partial charge in [-0.1, -0.05) is 17.7 Å². The lowest BCUT2D eigenvalue weighted by atomic mass is 10.0. The summed E-state index contributed by atoms with van der Waals surface area (Å²) in [6, 6.07) is 8.05. The van der Waals surface area contributed by atoms with Crippen molar-refractivity contribution in [2.24, 2.45) is 12.8 Å². The Kier molecular flexibility index (Phi) is 7.25. The highest BCUT2D eigenvalue weighted by atomic mass is 35.5. The Bertz CT molecular complexity index is 1780. The topological polar surface area (TPSA) is 130 Å². The first-order valence-corrected chi connectivity index (χ1v) is 13.0. The number of anilines is 1. The average molecular weight is 586 g/mol. The minimum atomic E-state index is -2.86. The van der Waals surface area contributed by atoms with Gasteiger partial charge in [0.2, 0.25) is 0 Å². The molecule has 4 aromatic heterocycles. The van der Waals surface area contributed by atoms with E-state index >= 15 is 0 Å². The molecule has 5 aromatic rings. The number of thiophene rings is 1. The summed E-state index contributed by atoms with van der Waals surface area (Å²) in [5.74, 6) is -1.03. The second-order valence-electron chi connectivity index (χ2n) is 8.92. The predicted octanol–water partition coefficient (Wildman–Crippen LogP) is 5.49. The number of amides is 2. The molecule has 0 fully saturated rings. The van der Waals surface area contributed by atoms with Gasteiger partial charge in [-0.2, -0.15) is 10.2 Å². The Hall–Kier alpha value is -4.36. The molecule has 0 unspecified atom stereocenters. The van der Waals surface area contributed by atoms with Gasteiger partial charge in [0.25, 0.3) is 18.2 Å².